The summed E-state index contributed by atoms with van der Waals surface area (Å²) in [6.45, 7) is 15.8. The van der Waals surface area contributed by atoms with Gasteiger partial charge in [0.15, 0.2) is 0 Å². The Kier molecular flexibility index (Phi) is 3.56. The van der Waals surface area contributed by atoms with Crippen molar-refractivity contribution < 1.29 is 0 Å². The van der Waals surface area contributed by atoms with Crippen molar-refractivity contribution in [1.29, 1.82) is 0 Å². The van der Waals surface area contributed by atoms with Gasteiger partial charge in [-0.2, -0.15) is 0 Å². The van der Waals surface area contributed by atoms with E-state index in [-0.39, 0.29) is 0 Å². The molecule has 0 aromatic rings. The van der Waals surface area contributed by atoms with E-state index in [0.29, 0.717) is 5.04 Å². The largest absolute Gasteiger partial charge is 0.103 e. The van der Waals surface area contributed by atoms with Crippen LogP contribution in [0.5, 0.6) is 0 Å². The summed E-state index contributed by atoms with van der Waals surface area (Å²) in [7, 11) is -1.05. The highest BCUT2D eigenvalue weighted by Gasteiger charge is 2.35. The van der Waals surface area contributed by atoms with Crippen molar-refractivity contribution in [3.05, 3.63) is 12.7 Å². The Morgan fingerprint density at radius 1 is 1.36 bits per heavy atom. The second-order valence-electron chi connectivity index (χ2n) is 4.61. The van der Waals surface area contributed by atoms with Gasteiger partial charge in [0.1, 0.15) is 0 Å². The molecule has 0 amide bonds. The molecule has 11 heavy (non-hydrogen) atoms. The van der Waals surface area contributed by atoms with Crippen LogP contribution in [0.2, 0.25) is 24.2 Å². The van der Waals surface area contributed by atoms with Gasteiger partial charge in [-0.15, -0.1) is 6.58 Å². The first-order valence-electron chi connectivity index (χ1n) is 4.48. The zero-order valence-electron chi connectivity index (χ0n) is 8.70. The van der Waals surface area contributed by atoms with E-state index in [0.717, 1.165) is 0 Å². The Hall–Kier alpha value is -0.0431. The number of hydrogen-bond donors (Lipinski definition) is 0. The molecule has 0 saturated heterocycles. The minimum Gasteiger partial charge on any atom is -0.103 e. The summed E-state index contributed by atoms with van der Waals surface area (Å²) in [6, 6.07) is 1.24. The molecule has 66 valence electrons. The summed E-state index contributed by atoms with van der Waals surface area (Å²) in [5.74, 6) is 0. The van der Waals surface area contributed by atoms with Gasteiger partial charge >= 0.3 is 0 Å². The van der Waals surface area contributed by atoms with Crippen molar-refractivity contribution in [2.45, 2.75) is 51.4 Å². The average molecular weight is 170 g/mol. The van der Waals surface area contributed by atoms with Crippen LogP contribution in [0.1, 0.15) is 27.2 Å². The standard InChI is InChI=1S/C10H22Si/c1-7-9-11(5,6)10(3,4)8-2/h7H,1,8-9H2,2-6H3. The van der Waals surface area contributed by atoms with Gasteiger partial charge in [-0.1, -0.05) is 46.4 Å². The molecule has 0 heterocycles. The summed E-state index contributed by atoms with van der Waals surface area (Å²) in [5, 5.41) is 0.557. The Balaban J connectivity index is 4.38. The molecule has 0 unspecified atom stereocenters. The fraction of sp³-hybridized carbons (Fsp3) is 0.800. The molecule has 0 rings (SSSR count). The lowest BCUT2D eigenvalue weighted by Gasteiger charge is -2.38. The molecule has 0 nitrogen and oxygen atoms in total. The van der Waals surface area contributed by atoms with Crippen LogP contribution in [0, 0.1) is 0 Å². The molecule has 0 N–H and O–H groups in total. The number of allylic oxidation sites excluding steroid dienone is 1. The predicted molar refractivity (Wildman–Crippen MR) is 56.8 cm³/mol. The van der Waals surface area contributed by atoms with E-state index in [1.165, 1.54) is 12.5 Å². The summed E-state index contributed by atoms with van der Waals surface area (Å²) >= 11 is 0. The van der Waals surface area contributed by atoms with Crippen molar-refractivity contribution >= 4 is 8.07 Å². The second-order valence-corrected chi connectivity index (χ2v) is 10.1. The minimum atomic E-state index is -1.05. The van der Waals surface area contributed by atoms with Crippen LogP contribution < -0.4 is 0 Å². The fourth-order valence-corrected chi connectivity index (χ4v) is 3.35. The highest BCUT2D eigenvalue weighted by atomic mass is 28.3. The molecule has 0 bridgehead atoms. The van der Waals surface area contributed by atoms with Gasteiger partial charge in [0.25, 0.3) is 0 Å². The summed E-state index contributed by atoms with van der Waals surface area (Å²) in [4.78, 5) is 0. The average Bonchev–Trinajstić information content (AvgIpc) is 1.87. The number of rotatable bonds is 4. The second kappa shape index (κ2) is 3.57. The van der Waals surface area contributed by atoms with E-state index in [2.05, 4.69) is 46.5 Å². The van der Waals surface area contributed by atoms with E-state index >= 15 is 0 Å². The monoisotopic (exact) mass is 170 g/mol. The first-order chi connectivity index (χ1) is 4.87. The summed E-state index contributed by atoms with van der Waals surface area (Å²) < 4.78 is 0. The third-order valence-corrected chi connectivity index (χ3v) is 8.70. The van der Waals surface area contributed by atoms with Crippen LogP contribution in [0.3, 0.4) is 0 Å². The molecule has 1 heteroatoms. The Bertz CT molecular complexity index is 134. The van der Waals surface area contributed by atoms with Gasteiger partial charge in [-0.05, 0) is 11.1 Å². The van der Waals surface area contributed by atoms with Gasteiger partial charge in [0, 0.05) is 0 Å². The summed E-state index contributed by atoms with van der Waals surface area (Å²) in [5.41, 5.74) is 0. The van der Waals surface area contributed by atoms with E-state index in [1.807, 2.05) is 0 Å². The van der Waals surface area contributed by atoms with Crippen LogP contribution in [0.15, 0.2) is 12.7 Å². The van der Waals surface area contributed by atoms with Crippen LogP contribution in [-0.2, 0) is 0 Å². The van der Waals surface area contributed by atoms with Gasteiger partial charge in [0.05, 0.1) is 8.07 Å². The molecule has 0 aliphatic heterocycles. The molecule has 0 atom stereocenters. The highest BCUT2D eigenvalue weighted by molar-refractivity contribution is 6.80. The van der Waals surface area contributed by atoms with Crippen molar-refractivity contribution in [2.75, 3.05) is 0 Å². The molecule has 0 radical (unpaired) electrons. The number of hydrogen-bond acceptors (Lipinski definition) is 0. The smallest absolute Gasteiger partial charge is 0.0567 e. The van der Waals surface area contributed by atoms with E-state index < -0.39 is 8.07 Å². The van der Waals surface area contributed by atoms with Crippen molar-refractivity contribution in [3.63, 3.8) is 0 Å². The third kappa shape index (κ3) is 2.48. The molecule has 0 saturated carbocycles. The topological polar surface area (TPSA) is 0 Å². The lowest BCUT2D eigenvalue weighted by molar-refractivity contribution is 0.618. The van der Waals surface area contributed by atoms with Crippen LogP contribution in [0.4, 0.5) is 0 Å². The lowest BCUT2D eigenvalue weighted by atomic mass is 10.1. The zero-order chi connectivity index (χ0) is 9.12. The molecule has 0 spiro atoms. The first-order valence-corrected chi connectivity index (χ1v) is 7.69. The molecule has 0 fully saturated rings. The van der Waals surface area contributed by atoms with Crippen LogP contribution >= 0.6 is 0 Å². The molecule has 0 aromatic carbocycles. The maximum atomic E-state index is 3.83. The Labute approximate surface area is 72.7 Å². The molecular weight excluding hydrogens is 148 g/mol. The molecule has 0 aliphatic rings. The first kappa shape index (κ1) is 11.0. The van der Waals surface area contributed by atoms with E-state index in [4.69, 9.17) is 0 Å². The van der Waals surface area contributed by atoms with Crippen LogP contribution in [0.25, 0.3) is 0 Å². The third-order valence-electron chi connectivity index (χ3n) is 3.37. The molecule has 0 aliphatic carbocycles. The SMILES string of the molecule is C=CC[Si](C)(C)C(C)(C)CC. The van der Waals surface area contributed by atoms with Gasteiger partial charge in [0.2, 0.25) is 0 Å². The maximum absolute atomic E-state index is 3.83. The van der Waals surface area contributed by atoms with Crippen molar-refractivity contribution in [1.82, 2.24) is 0 Å². The zero-order valence-corrected chi connectivity index (χ0v) is 9.70. The van der Waals surface area contributed by atoms with Gasteiger partial charge in [-0.25, -0.2) is 0 Å². The van der Waals surface area contributed by atoms with Crippen molar-refractivity contribution in [2.24, 2.45) is 0 Å². The fourth-order valence-electron chi connectivity index (χ4n) is 1.12. The highest BCUT2D eigenvalue weighted by Crippen LogP contribution is 2.42. The lowest BCUT2D eigenvalue weighted by Crippen LogP contribution is -2.37. The maximum Gasteiger partial charge on any atom is 0.0567 e. The molecular formula is C10H22Si. The normalized spacial score (nSPS) is 13.2. The van der Waals surface area contributed by atoms with Crippen LogP contribution in [-0.4, -0.2) is 8.07 Å². The van der Waals surface area contributed by atoms with E-state index in [9.17, 15) is 0 Å². The quantitative estimate of drug-likeness (QED) is 0.441. The predicted octanol–water partition coefficient (Wildman–Crippen LogP) is 4.07. The Morgan fingerprint density at radius 3 is 2.09 bits per heavy atom. The van der Waals surface area contributed by atoms with Gasteiger partial charge in [-0.3, -0.25) is 0 Å². The van der Waals surface area contributed by atoms with E-state index in [1.54, 1.807) is 0 Å². The summed E-state index contributed by atoms with van der Waals surface area (Å²) in [6.07, 6.45) is 3.38. The molecule has 0 aromatic heterocycles. The van der Waals surface area contributed by atoms with Gasteiger partial charge < -0.3 is 0 Å². The Morgan fingerprint density at radius 2 is 1.82 bits per heavy atom. The minimum absolute atomic E-state index is 0.557. The van der Waals surface area contributed by atoms with Crippen molar-refractivity contribution in [3.8, 4) is 0 Å².